The van der Waals surface area contributed by atoms with Crippen LogP contribution in [0.15, 0.2) is 48.6 Å². The summed E-state index contributed by atoms with van der Waals surface area (Å²) in [5.41, 5.74) is 5.47. The Balaban J connectivity index is 4.24. The van der Waals surface area contributed by atoms with Gasteiger partial charge in [0, 0.05) is 12.8 Å². The van der Waals surface area contributed by atoms with E-state index in [9.17, 15) is 19.5 Å². The van der Waals surface area contributed by atoms with Crippen LogP contribution in [0.3, 0.4) is 0 Å². The number of carbonyl (C=O) groups excluding carboxylic acids is 2. The van der Waals surface area contributed by atoms with Crippen molar-refractivity contribution in [3.63, 3.8) is 0 Å². The minimum absolute atomic E-state index is 0.0697. The number of carboxylic acids is 1. The first-order chi connectivity index (χ1) is 25.4. The molecule has 0 saturated heterocycles. The first-order valence-corrected chi connectivity index (χ1v) is 21.5. The van der Waals surface area contributed by atoms with Gasteiger partial charge in [-0.1, -0.05) is 146 Å². The van der Waals surface area contributed by atoms with Gasteiger partial charge in [-0.25, -0.2) is 4.79 Å². The highest BCUT2D eigenvalue weighted by atomic mass is 16.5. The van der Waals surface area contributed by atoms with Gasteiger partial charge in [0.15, 0.2) is 0 Å². The maximum atomic E-state index is 12.7. The number of carboxylic acid groups (broad SMARTS) is 1. The number of rotatable bonds is 38. The van der Waals surface area contributed by atoms with Gasteiger partial charge in [-0.2, -0.15) is 0 Å². The number of esters is 1. The molecule has 0 spiro atoms. The lowest BCUT2D eigenvalue weighted by Gasteiger charge is -2.15. The van der Waals surface area contributed by atoms with E-state index in [2.05, 4.69) is 67.8 Å². The molecule has 0 rings (SSSR count). The molecule has 0 aliphatic carbocycles. The molecule has 1 amide bonds. The second-order valence-electron chi connectivity index (χ2n) is 14.4. The van der Waals surface area contributed by atoms with Crippen LogP contribution in [0.2, 0.25) is 0 Å². The topological polar surface area (TPSA) is 119 Å². The molecule has 52 heavy (non-hydrogen) atoms. The molecule has 0 heterocycles. The molecule has 0 aromatic carbocycles. The van der Waals surface area contributed by atoms with Crippen LogP contribution in [0.25, 0.3) is 0 Å². The average molecular weight is 729 g/mol. The van der Waals surface area contributed by atoms with Crippen molar-refractivity contribution in [1.82, 2.24) is 5.32 Å². The van der Waals surface area contributed by atoms with Crippen LogP contribution >= 0.6 is 0 Å². The molecule has 7 nitrogen and oxygen atoms in total. The minimum Gasteiger partial charge on any atom is -0.480 e. The van der Waals surface area contributed by atoms with E-state index in [0.29, 0.717) is 32.2 Å². The van der Waals surface area contributed by atoms with E-state index < -0.39 is 12.0 Å². The third kappa shape index (κ3) is 35.7. The van der Waals surface area contributed by atoms with Gasteiger partial charge in [-0.3, -0.25) is 9.59 Å². The summed E-state index contributed by atoms with van der Waals surface area (Å²) in [6.07, 6.45) is 47.4. The number of allylic oxidation sites excluding steroid dienone is 7. The van der Waals surface area contributed by atoms with E-state index in [4.69, 9.17) is 10.5 Å². The number of nitrogens with two attached hydrogens (primary N) is 1. The fourth-order valence-electron chi connectivity index (χ4n) is 6.14. The Labute approximate surface area is 319 Å². The molecule has 2 unspecified atom stereocenters. The summed E-state index contributed by atoms with van der Waals surface area (Å²) < 4.78 is 5.95. The molecule has 0 saturated carbocycles. The standard InChI is InChI=1S/C45H80N2O5/c1-3-5-7-9-11-13-14-15-16-17-18-19-20-21-23-29-33-39-44(49)52-41(35-30-26-22-12-10-8-6-4-2)36-31-27-24-25-28-32-38-43(48)47-42(45(50)51)37-34-40-46/h5,7,11,13,15-16,30,35,41-42H,3-4,6,8-10,12,14,17-29,31-34,36-40,46H2,1-2H3,(H,47,48)(H,50,51)/b7-5-,13-11-,16-15-,35-30-. The minimum atomic E-state index is -1.01. The molecule has 4 N–H and O–H groups in total. The van der Waals surface area contributed by atoms with Crippen molar-refractivity contribution in [3.05, 3.63) is 48.6 Å². The van der Waals surface area contributed by atoms with Gasteiger partial charge in [-0.05, 0) is 96.1 Å². The van der Waals surface area contributed by atoms with E-state index in [0.717, 1.165) is 83.5 Å². The quantitative estimate of drug-likeness (QED) is 0.0331. The summed E-state index contributed by atoms with van der Waals surface area (Å²) in [7, 11) is 0. The van der Waals surface area contributed by atoms with E-state index in [-0.39, 0.29) is 18.0 Å². The van der Waals surface area contributed by atoms with Crippen LogP contribution in [-0.4, -0.2) is 41.6 Å². The number of carbonyl (C=O) groups is 3. The van der Waals surface area contributed by atoms with Crippen molar-refractivity contribution < 1.29 is 24.2 Å². The summed E-state index contributed by atoms with van der Waals surface area (Å²) in [5.74, 6) is -1.28. The zero-order valence-electron chi connectivity index (χ0n) is 33.6. The smallest absolute Gasteiger partial charge is 0.326 e. The third-order valence-electron chi connectivity index (χ3n) is 9.36. The van der Waals surface area contributed by atoms with E-state index >= 15 is 0 Å². The van der Waals surface area contributed by atoms with Gasteiger partial charge in [0.2, 0.25) is 5.91 Å². The van der Waals surface area contributed by atoms with Crippen LogP contribution < -0.4 is 11.1 Å². The summed E-state index contributed by atoms with van der Waals surface area (Å²) in [6.45, 7) is 4.82. The monoisotopic (exact) mass is 729 g/mol. The maximum Gasteiger partial charge on any atom is 0.326 e. The Bertz CT molecular complexity index is 957. The van der Waals surface area contributed by atoms with Crippen molar-refractivity contribution in [1.29, 1.82) is 0 Å². The molecular formula is C45H80N2O5. The second kappa shape index (κ2) is 39.5. The summed E-state index contributed by atoms with van der Waals surface area (Å²) >= 11 is 0. The Kier molecular flexibility index (Phi) is 37.5. The first-order valence-electron chi connectivity index (χ1n) is 21.5. The fourth-order valence-corrected chi connectivity index (χ4v) is 6.14. The van der Waals surface area contributed by atoms with Gasteiger partial charge in [0.1, 0.15) is 12.1 Å². The Hall–Kier alpha value is -2.67. The van der Waals surface area contributed by atoms with E-state index in [1.807, 2.05) is 0 Å². The van der Waals surface area contributed by atoms with Gasteiger partial charge in [-0.15, -0.1) is 0 Å². The molecule has 0 aliphatic rings. The number of ether oxygens (including phenoxy) is 1. The Morgan fingerprint density at radius 1 is 0.596 bits per heavy atom. The molecule has 300 valence electrons. The molecule has 0 aliphatic heterocycles. The average Bonchev–Trinajstić information content (AvgIpc) is 3.13. The highest BCUT2D eigenvalue weighted by Gasteiger charge is 2.18. The van der Waals surface area contributed by atoms with Crippen LogP contribution in [-0.2, 0) is 19.1 Å². The van der Waals surface area contributed by atoms with Crippen molar-refractivity contribution in [2.24, 2.45) is 5.73 Å². The molecular weight excluding hydrogens is 649 g/mol. The van der Waals surface area contributed by atoms with Gasteiger partial charge in [0.25, 0.3) is 0 Å². The van der Waals surface area contributed by atoms with Crippen molar-refractivity contribution in [2.75, 3.05) is 6.54 Å². The lowest BCUT2D eigenvalue weighted by molar-refractivity contribution is -0.147. The van der Waals surface area contributed by atoms with E-state index in [1.165, 1.54) is 77.0 Å². The lowest BCUT2D eigenvalue weighted by Crippen LogP contribution is -2.40. The number of aliphatic carboxylic acids is 1. The number of hydrogen-bond donors (Lipinski definition) is 3. The third-order valence-corrected chi connectivity index (χ3v) is 9.36. The zero-order chi connectivity index (χ0) is 38.2. The molecule has 0 radical (unpaired) electrons. The lowest BCUT2D eigenvalue weighted by atomic mass is 10.0. The molecule has 2 atom stereocenters. The SMILES string of the molecule is CC/C=C\C/C=C\C/C=C\CCCCCCCCCC(=O)OC(/C=C\CCCCCCCC)CCCCCCCCC(=O)NC(CCCN)C(=O)O. The zero-order valence-corrected chi connectivity index (χ0v) is 33.6. The highest BCUT2D eigenvalue weighted by molar-refractivity contribution is 5.83. The molecule has 0 bridgehead atoms. The second-order valence-corrected chi connectivity index (χ2v) is 14.4. The number of amides is 1. The van der Waals surface area contributed by atoms with Crippen molar-refractivity contribution in [2.45, 2.75) is 212 Å². The van der Waals surface area contributed by atoms with Crippen LogP contribution in [0, 0.1) is 0 Å². The van der Waals surface area contributed by atoms with Crippen LogP contribution in [0.5, 0.6) is 0 Å². The van der Waals surface area contributed by atoms with Gasteiger partial charge < -0.3 is 20.9 Å². The number of hydrogen-bond acceptors (Lipinski definition) is 5. The normalized spacial score (nSPS) is 13.1. The fraction of sp³-hybridized carbons (Fsp3) is 0.756. The predicted octanol–water partition coefficient (Wildman–Crippen LogP) is 12.0. The summed E-state index contributed by atoms with van der Waals surface area (Å²) in [4.78, 5) is 36.2. The Morgan fingerprint density at radius 2 is 1.12 bits per heavy atom. The summed E-state index contributed by atoms with van der Waals surface area (Å²) in [6, 6.07) is -0.854. The van der Waals surface area contributed by atoms with Crippen LogP contribution in [0.1, 0.15) is 200 Å². The van der Waals surface area contributed by atoms with Gasteiger partial charge in [0.05, 0.1) is 0 Å². The molecule has 0 aromatic rings. The van der Waals surface area contributed by atoms with Gasteiger partial charge >= 0.3 is 11.9 Å². The number of nitrogens with one attached hydrogen (secondary N) is 1. The first kappa shape index (κ1) is 49.3. The van der Waals surface area contributed by atoms with Crippen molar-refractivity contribution >= 4 is 17.8 Å². The maximum absolute atomic E-state index is 12.7. The van der Waals surface area contributed by atoms with Crippen molar-refractivity contribution in [3.8, 4) is 0 Å². The molecule has 7 heteroatoms. The van der Waals surface area contributed by atoms with E-state index in [1.54, 1.807) is 0 Å². The largest absolute Gasteiger partial charge is 0.480 e. The summed E-state index contributed by atoms with van der Waals surface area (Å²) in [5, 5.41) is 11.9. The molecule has 0 fully saturated rings. The van der Waals surface area contributed by atoms with Crippen LogP contribution in [0.4, 0.5) is 0 Å². The Morgan fingerprint density at radius 3 is 1.71 bits per heavy atom. The highest BCUT2D eigenvalue weighted by Crippen LogP contribution is 2.16. The number of unbranched alkanes of at least 4 members (excludes halogenated alkanes) is 18. The molecule has 0 aromatic heterocycles. The predicted molar refractivity (Wildman–Crippen MR) is 220 cm³/mol.